The molecule has 0 bridgehead atoms. The standard InChI is InChI=1S/C22H22N6O/c23-13-17-14-27(15-17)22(29)26-10-8-25(9-11-26)20-6-7-24-28-16-19(12-21(20)28)18-4-2-1-3-5-18/h1-7,12,16-17H,8-11,14-15H2. The molecule has 146 valence electrons. The SMILES string of the molecule is N#CC1CN(C(=O)N2CCN(c3ccnn4cc(-c5ccccc5)cc34)CC2)C1. The van der Waals surface area contributed by atoms with E-state index in [9.17, 15) is 4.79 Å². The van der Waals surface area contributed by atoms with Crippen molar-refractivity contribution in [3.05, 3.63) is 54.9 Å². The number of carbonyl (C=O) groups is 1. The molecule has 2 amide bonds. The Bertz CT molecular complexity index is 1070. The second-order valence-corrected chi connectivity index (χ2v) is 7.63. The van der Waals surface area contributed by atoms with Gasteiger partial charge in [0.05, 0.1) is 23.2 Å². The van der Waals surface area contributed by atoms with Gasteiger partial charge in [0.2, 0.25) is 0 Å². The zero-order valence-corrected chi connectivity index (χ0v) is 16.1. The van der Waals surface area contributed by atoms with E-state index < -0.39 is 0 Å². The molecule has 0 aliphatic carbocycles. The molecule has 2 fully saturated rings. The molecule has 0 N–H and O–H groups in total. The molecule has 2 saturated heterocycles. The van der Waals surface area contributed by atoms with Crippen molar-refractivity contribution in [3.63, 3.8) is 0 Å². The minimum Gasteiger partial charge on any atom is -0.366 e. The zero-order valence-electron chi connectivity index (χ0n) is 16.1. The summed E-state index contributed by atoms with van der Waals surface area (Å²) in [6.45, 7) is 4.07. The van der Waals surface area contributed by atoms with E-state index in [-0.39, 0.29) is 11.9 Å². The number of anilines is 1. The van der Waals surface area contributed by atoms with Crippen LogP contribution >= 0.6 is 0 Å². The van der Waals surface area contributed by atoms with Crippen LogP contribution in [0.3, 0.4) is 0 Å². The van der Waals surface area contributed by atoms with Crippen molar-refractivity contribution in [2.24, 2.45) is 5.92 Å². The maximum Gasteiger partial charge on any atom is 0.320 e. The van der Waals surface area contributed by atoms with Crippen LogP contribution in [0, 0.1) is 17.2 Å². The van der Waals surface area contributed by atoms with Gasteiger partial charge in [0.25, 0.3) is 0 Å². The predicted molar refractivity (Wildman–Crippen MR) is 110 cm³/mol. The van der Waals surface area contributed by atoms with E-state index in [2.05, 4.69) is 46.5 Å². The summed E-state index contributed by atoms with van der Waals surface area (Å²) in [4.78, 5) is 18.6. The van der Waals surface area contributed by atoms with E-state index in [0.717, 1.165) is 29.9 Å². The van der Waals surface area contributed by atoms with Gasteiger partial charge in [0.1, 0.15) is 0 Å². The molecular weight excluding hydrogens is 364 g/mol. The topological polar surface area (TPSA) is 67.9 Å². The highest BCUT2D eigenvalue weighted by molar-refractivity contribution is 5.80. The van der Waals surface area contributed by atoms with Crippen LogP contribution in [0.1, 0.15) is 0 Å². The normalized spacial score (nSPS) is 17.3. The molecule has 4 heterocycles. The van der Waals surface area contributed by atoms with Crippen LogP contribution in [-0.4, -0.2) is 64.7 Å². The second kappa shape index (κ2) is 7.13. The third-order valence-corrected chi connectivity index (χ3v) is 5.82. The highest BCUT2D eigenvalue weighted by Crippen LogP contribution is 2.29. The van der Waals surface area contributed by atoms with Gasteiger partial charge >= 0.3 is 6.03 Å². The van der Waals surface area contributed by atoms with Crippen molar-refractivity contribution in [1.29, 1.82) is 5.26 Å². The number of piperazine rings is 1. The molecule has 0 saturated carbocycles. The van der Waals surface area contributed by atoms with Crippen LogP contribution in [-0.2, 0) is 0 Å². The largest absolute Gasteiger partial charge is 0.366 e. The number of hydrogen-bond donors (Lipinski definition) is 0. The Balaban J connectivity index is 1.31. The Morgan fingerprint density at radius 3 is 2.48 bits per heavy atom. The van der Waals surface area contributed by atoms with Gasteiger partial charge in [-0.1, -0.05) is 30.3 Å². The highest BCUT2D eigenvalue weighted by Gasteiger charge is 2.34. The molecule has 7 heteroatoms. The van der Waals surface area contributed by atoms with Gasteiger partial charge in [-0.2, -0.15) is 10.4 Å². The molecule has 0 spiro atoms. The number of hydrogen-bond acceptors (Lipinski definition) is 4. The van der Waals surface area contributed by atoms with Gasteiger partial charge in [-0.05, 0) is 17.7 Å². The Labute approximate surface area is 169 Å². The Morgan fingerprint density at radius 1 is 1.00 bits per heavy atom. The molecular formula is C22H22N6O. The molecule has 3 aromatic rings. The lowest BCUT2D eigenvalue weighted by Gasteiger charge is -2.42. The third-order valence-electron chi connectivity index (χ3n) is 5.82. The molecule has 0 atom stereocenters. The van der Waals surface area contributed by atoms with Crippen molar-refractivity contribution < 1.29 is 4.79 Å². The van der Waals surface area contributed by atoms with Gasteiger partial charge in [-0.25, -0.2) is 9.31 Å². The number of likely N-dealkylation sites (tertiary alicyclic amines) is 1. The minimum absolute atomic E-state index is 0.00137. The number of carbonyl (C=O) groups excluding carboxylic acids is 1. The quantitative estimate of drug-likeness (QED) is 0.679. The van der Waals surface area contributed by atoms with E-state index in [1.807, 2.05) is 33.8 Å². The maximum atomic E-state index is 12.6. The maximum absolute atomic E-state index is 12.6. The van der Waals surface area contributed by atoms with Crippen LogP contribution in [0.15, 0.2) is 54.9 Å². The Hall–Kier alpha value is -3.53. The smallest absolute Gasteiger partial charge is 0.320 e. The number of urea groups is 1. The van der Waals surface area contributed by atoms with E-state index in [4.69, 9.17) is 5.26 Å². The van der Waals surface area contributed by atoms with Crippen molar-refractivity contribution in [2.45, 2.75) is 0 Å². The first kappa shape index (κ1) is 17.6. The van der Waals surface area contributed by atoms with Crippen LogP contribution in [0.25, 0.3) is 16.6 Å². The average Bonchev–Trinajstić information content (AvgIpc) is 3.18. The van der Waals surface area contributed by atoms with Gasteiger partial charge in [-0.15, -0.1) is 0 Å². The number of amides is 2. The van der Waals surface area contributed by atoms with E-state index >= 15 is 0 Å². The molecule has 1 aromatic carbocycles. The van der Waals surface area contributed by atoms with E-state index in [1.54, 1.807) is 4.90 Å². The second-order valence-electron chi connectivity index (χ2n) is 7.63. The molecule has 2 aliphatic heterocycles. The lowest BCUT2D eigenvalue weighted by Crippen LogP contribution is -2.58. The van der Waals surface area contributed by atoms with Gasteiger partial charge < -0.3 is 14.7 Å². The Kier molecular flexibility index (Phi) is 4.32. The molecule has 2 aromatic heterocycles. The van der Waals surface area contributed by atoms with Gasteiger partial charge in [0, 0.05) is 57.2 Å². The minimum atomic E-state index is -0.00137. The van der Waals surface area contributed by atoms with Crippen molar-refractivity contribution in [3.8, 4) is 17.2 Å². The summed E-state index contributed by atoms with van der Waals surface area (Å²) < 4.78 is 1.93. The zero-order chi connectivity index (χ0) is 19.8. The molecule has 0 radical (unpaired) electrons. The highest BCUT2D eigenvalue weighted by atomic mass is 16.2. The van der Waals surface area contributed by atoms with Gasteiger partial charge in [-0.3, -0.25) is 0 Å². The van der Waals surface area contributed by atoms with E-state index in [0.29, 0.717) is 26.2 Å². The summed E-state index contributed by atoms with van der Waals surface area (Å²) in [6.07, 6.45) is 3.89. The lowest BCUT2D eigenvalue weighted by atomic mass is 10.0. The van der Waals surface area contributed by atoms with Crippen LogP contribution in [0.2, 0.25) is 0 Å². The number of nitriles is 1. The van der Waals surface area contributed by atoms with Gasteiger partial charge in [0.15, 0.2) is 0 Å². The molecule has 5 rings (SSSR count). The lowest BCUT2D eigenvalue weighted by molar-refractivity contribution is 0.106. The summed E-state index contributed by atoms with van der Waals surface area (Å²) in [5, 5.41) is 13.4. The Morgan fingerprint density at radius 2 is 1.76 bits per heavy atom. The first-order valence-corrected chi connectivity index (χ1v) is 9.94. The van der Waals surface area contributed by atoms with Crippen LogP contribution in [0.4, 0.5) is 10.5 Å². The first-order valence-electron chi connectivity index (χ1n) is 9.94. The summed E-state index contributed by atoms with van der Waals surface area (Å²) in [5.41, 5.74) is 4.53. The van der Waals surface area contributed by atoms with Crippen LogP contribution < -0.4 is 4.90 Å². The number of nitrogens with zero attached hydrogens (tertiary/aromatic N) is 6. The average molecular weight is 386 g/mol. The number of benzene rings is 1. The molecule has 2 aliphatic rings. The van der Waals surface area contributed by atoms with Crippen molar-refractivity contribution in [2.75, 3.05) is 44.2 Å². The fourth-order valence-electron chi connectivity index (χ4n) is 4.11. The molecule has 7 nitrogen and oxygen atoms in total. The molecule has 29 heavy (non-hydrogen) atoms. The summed E-state index contributed by atoms with van der Waals surface area (Å²) >= 11 is 0. The molecule has 0 unspecified atom stereocenters. The fourth-order valence-corrected chi connectivity index (χ4v) is 4.11. The van der Waals surface area contributed by atoms with Crippen LogP contribution in [0.5, 0.6) is 0 Å². The number of fused-ring (bicyclic) bond motifs is 1. The fraction of sp³-hybridized carbons (Fsp3) is 0.318. The van der Waals surface area contributed by atoms with E-state index in [1.165, 1.54) is 5.56 Å². The number of aromatic nitrogens is 2. The monoisotopic (exact) mass is 386 g/mol. The van der Waals surface area contributed by atoms with Crippen molar-refractivity contribution >= 4 is 17.2 Å². The summed E-state index contributed by atoms with van der Waals surface area (Å²) in [6, 6.07) is 16.8. The predicted octanol–water partition coefficient (Wildman–Crippen LogP) is 2.70. The van der Waals surface area contributed by atoms with Crippen molar-refractivity contribution in [1.82, 2.24) is 19.4 Å². The number of rotatable bonds is 2. The summed E-state index contributed by atoms with van der Waals surface area (Å²) in [7, 11) is 0. The summed E-state index contributed by atoms with van der Waals surface area (Å²) in [5.74, 6) is -0.00137. The third kappa shape index (κ3) is 3.17. The first-order chi connectivity index (χ1) is 14.2.